The number of benzene rings is 2. The highest BCUT2D eigenvalue weighted by atomic mass is 35.5. The molecule has 1 aromatic heterocycles. The van der Waals surface area contributed by atoms with Crippen LogP contribution in [-0.2, 0) is 11.3 Å². The highest BCUT2D eigenvalue weighted by Gasteiger charge is 2.13. The van der Waals surface area contributed by atoms with Crippen LogP contribution < -0.4 is 10.6 Å². The molecule has 26 heavy (non-hydrogen) atoms. The number of nitrogens with one attached hydrogen (secondary N) is 2. The van der Waals surface area contributed by atoms with Crippen molar-refractivity contribution in [3.8, 4) is 0 Å². The number of aryl methyl sites for hydroxylation is 1. The number of rotatable bonds is 5. The zero-order valence-corrected chi connectivity index (χ0v) is 15.0. The smallest absolute Gasteiger partial charge is 0.253 e. The topological polar surface area (TPSA) is 71.1 Å². The number of hydrogen-bond donors (Lipinski definition) is 2. The number of aromatic nitrogens is 1. The van der Waals surface area contributed by atoms with Crippen molar-refractivity contribution < 1.29 is 9.59 Å². The van der Waals surface area contributed by atoms with Crippen LogP contribution in [0.15, 0.2) is 54.6 Å². The van der Waals surface area contributed by atoms with Gasteiger partial charge in [-0.2, -0.15) is 0 Å². The van der Waals surface area contributed by atoms with E-state index >= 15 is 0 Å². The van der Waals surface area contributed by atoms with Crippen LogP contribution in [0.5, 0.6) is 0 Å². The van der Waals surface area contributed by atoms with Crippen LogP contribution in [0.25, 0.3) is 10.9 Å². The molecular weight excluding hydrogens is 350 g/mol. The predicted molar refractivity (Wildman–Crippen MR) is 102 cm³/mol. The van der Waals surface area contributed by atoms with Crippen molar-refractivity contribution in [2.45, 2.75) is 13.5 Å². The minimum absolute atomic E-state index is 0.0985. The number of pyridine rings is 1. The van der Waals surface area contributed by atoms with Crippen LogP contribution in [0.3, 0.4) is 0 Å². The van der Waals surface area contributed by atoms with Crippen molar-refractivity contribution in [1.29, 1.82) is 0 Å². The minimum atomic E-state index is -0.341. The fourth-order valence-corrected chi connectivity index (χ4v) is 2.77. The van der Waals surface area contributed by atoms with Gasteiger partial charge in [0.1, 0.15) is 0 Å². The molecule has 2 aromatic carbocycles. The molecule has 2 N–H and O–H groups in total. The molecule has 2 amide bonds. The molecule has 0 fully saturated rings. The summed E-state index contributed by atoms with van der Waals surface area (Å²) in [6, 6.07) is 16.6. The van der Waals surface area contributed by atoms with Crippen molar-refractivity contribution in [1.82, 2.24) is 15.6 Å². The summed E-state index contributed by atoms with van der Waals surface area (Å²) in [5, 5.41) is 6.76. The molecule has 3 rings (SSSR count). The van der Waals surface area contributed by atoms with Gasteiger partial charge in [-0.1, -0.05) is 41.9 Å². The summed E-state index contributed by atoms with van der Waals surface area (Å²) in [4.78, 5) is 28.8. The number of amides is 2. The summed E-state index contributed by atoms with van der Waals surface area (Å²) in [5.74, 6) is -0.594. The molecule has 0 spiro atoms. The molecule has 0 atom stereocenters. The summed E-state index contributed by atoms with van der Waals surface area (Å²) in [6.07, 6.45) is 0. The van der Waals surface area contributed by atoms with Gasteiger partial charge in [0, 0.05) is 17.0 Å². The molecule has 5 nitrogen and oxygen atoms in total. The lowest BCUT2D eigenvalue weighted by molar-refractivity contribution is -0.120. The van der Waals surface area contributed by atoms with Crippen LogP contribution >= 0.6 is 11.6 Å². The second kappa shape index (κ2) is 7.97. The first kappa shape index (κ1) is 17.9. The zero-order chi connectivity index (χ0) is 18.5. The Morgan fingerprint density at radius 1 is 1.04 bits per heavy atom. The number of carbonyl (C=O) groups excluding carboxylic acids is 2. The first-order valence-corrected chi connectivity index (χ1v) is 8.56. The molecule has 0 aliphatic rings. The molecule has 0 aliphatic carbocycles. The van der Waals surface area contributed by atoms with E-state index in [1.807, 2.05) is 36.4 Å². The summed E-state index contributed by atoms with van der Waals surface area (Å²) in [7, 11) is 0. The van der Waals surface area contributed by atoms with Gasteiger partial charge in [0.05, 0.1) is 23.3 Å². The first-order valence-electron chi connectivity index (χ1n) is 8.18. The normalized spacial score (nSPS) is 10.5. The highest BCUT2D eigenvalue weighted by molar-refractivity contribution is 6.31. The largest absolute Gasteiger partial charge is 0.350 e. The Kier molecular flexibility index (Phi) is 5.49. The van der Waals surface area contributed by atoms with Gasteiger partial charge in [-0.3, -0.25) is 14.6 Å². The van der Waals surface area contributed by atoms with Gasteiger partial charge in [-0.05, 0) is 36.8 Å². The quantitative estimate of drug-likeness (QED) is 0.727. The zero-order valence-electron chi connectivity index (χ0n) is 14.3. The molecule has 0 unspecified atom stereocenters. The summed E-state index contributed by atoms with van der Waals surface area (Å²) >= 11 is 6.00. The minimum Gasteiger partial charge on any atom is -0.350 e. The first-order chi connectivity index (χ1) is 12.5. The SMILES string of the molecule is Cc1nc2ccc(Cl)cc2cc1C(=O)NCC(=O)NCc1ccccc1. The third kappa shape index (κ3) is 4.37. The van der Waals surface area contributed by atoms with Gasteiger partial charge in [0.25, 0.3) is 5.91 Å². The second-order valence-corrected chi connectivity index (χ2v) is 6.34. The maximum atomic E-state index is 12.4. The second-order valence-electron chi connectivity index (χ2n) is 5.90. The van der Waals surface area contributed by atoms with Gasteiger partial charge >= 0.3 is 0 Å². The van der Waals surface area contributed by atoms with E-state index in [4.69, 9.17) is 11.6 Å². The standard InChI is InChI=1S/C20H18ClN3O2/c1-13-17(10-15-9-16(21)7-8-18(15)24-13)20(26)23-12-19(25)22-11-14-5-3-2-4-6-14/h2-10H,11-12H2,1H3,(H,22,25)(H,23,26). The average Bonchev–Trinajstić information content (AvgIpc) is 2.65. The molecule has 6 heteroatoms. The average molecular weight is 368 g/mol. The molecule has 3 aromatic rings. The van der Waals surface area contributed by atoms with Crippen molar-refractivity contribution in [3.63, 3.8) is 0 Å². The Bertz CT molecular complexity index is 958. The lowest BCUT2D eigenvalue weighted by Gasteiger charge is -2.09. The van der Waals surface area contributed by atoms with E-state index in [0.717, 1.165) is 16.5 Å². The molecule has 132 valence electrons. The van der Waals surface area contributed by atoms with Gasteiger partial charge < -0.3 is 10.6 Å². The Labute approximate surface area is 156 Å². The van der Waals surface area contributed by atoms with Crippen LogP contribution in [0.2, 0.25) is 5.02 Å². The van der Waals surface area contributed by atoms with E-state index < -0.39 is 0 Å². The van der Waals surface area contributed by atoms with E-state index in [2.05, 4.69) is 15.6 Å². The van der Waals surface area contributed by atoms with Gasteiger partial charge in [0.15, 0.2) is 0 Å². The van der Waals surface area contributed by atoms with Crippen molar-refractivity contribution in [3.05, 3.63) is 76.4 Å². The number of halogens is 1. The Hall–Kier alpha value is -2.92. The third-order valence-electron chi connectivity index (χ3n) is 3.95. The van der Waals surface area contributed by atoms with E-state index in [0.29, 0.717) is 22.8 Å². The highest BCUT2D eigenvalue weighted by Crippen LogP contribution is 2.20. The maximum absolute atomic E-state index is 12.4. The molecular formula is C20H18ClN3O2. The van der Waals surface area contributed by atoms with Crippen LogP contribution in [0.4, 0.5) is 0 Å². The fourth-order valence-electron chi connectivity index (χ4n) is 2.59. The predicted octanol–water partition coefficient (Wildman–Crippen LogP) is 3.24. The third-order valence-corrected chi connectivity index (χ3v) is 4.19. The lowest BCUT2D eigenvalue weighted by atomic mass is 10.1. The molecule has 0 saturated heterocycles. The van der Waals surface area contributed by atoms with Crippen LogP contribution in [0, 0.1) is 6.92 Å². The Balaban J connectivity index is 1.61. The molecule has 0 aliphatic heterocycles. The Morgan fingerprint density at radius 2 is 1.81 bits per heavy atom. The lowest BCUT2D eigenvalue weighted by Crippen LogP contribution is -2.36. The van der Waals surface area contributed by atoms with Crippen molar-refractivity contribution >= 4 is 34.3 Å². The van der Waals surface area contributed by atoms with E-state index in [9.17, 15) is 9.59 Å². The van der Waals surface area contributed by atoms with Crippen molar-refractivity contribution in [2.75, 3.05) is 6.54 Å². The number of nitrogens with zero attached hydrogens (tertiary/aromatic N) is 1. The number of fused-ring (bicyclic) bond motifs is 1. The van der Waals surface area contributed by atoms with Gasteiger partial charge in [-0.15, -0.1) is 0 Å². The van der Waals surface area contributed by atoms with Gasteiger partial charge in [0.2, 0.25) is 5.91 Å². The molecule has 0 bridgehead atoms. The van der Waals surface area contributed by atoms with E-state index in [1.165, 1.54) is 0 Å². The molecule has 0 saturated carbocycles. The van der Waals surface area contributed by atoms with Crippen LogP contribution in [0.1, 0.15) is 21.6 Å². The Morgan fingerprint density at radius 3 is 2.58 bits per heavy atom. The summed E-state index contributed by atoms with van der Waals surface area (Å²) in [5.41, 5.74) is 2.79. The summed E-state index contributed by atoms with van der Waals surface area (Å²) < 4.78 is 0. The maximum Gasteiger partial charge on any atom is 0.253 e. The number of hydrogen-bond acceptors (Lipinski definition) is 3. The number of carbonyl (C=O) groups is 2. The van der Waals surface area contributed by atoms with Gasteiger partial charge in [-0.25, -0.2) is 0 Å². The monoisotopic (exact) mass is 367 g/mol. The fraction of sp³-hybridized carbons (Fsp3) is 0.150. The summed E-state index contributed by atoms with van der Waals surface area (Å²) in [6.45, 7) is 2.09. The van der Waals surface area contributed by atoms with E-state index in [-0.39, 0.29) is 18.4 Å². The molecule has 0 radical (unpaired) electrons. The van der Waals surface area contributed by atoms with Crippen molar-refractivity contribution in [2.24, 2.45) is 0 Å². The molecule has 1 heterocycles. The van der Waals surface area contributed by atoms with Crippen LogP contribution in [-0.4, -0.2) is 23.3 Å². The van der Waals surface area contributed by atoms with E-state index in [1.54, 1.807) is 25.1 Å².